The number of primary amides is 1. The lowest BCUT2D eigenvalue weighted by molar-refractivity contribution is -0.432. The predicted molar refractivity (Wildman–Crippen MR) is 101 cm³/mol. The molecule has 0 saturated carbocycles. The van der Waals surface area contributed by atoms with Crippen LogP contribution in [0.5, 0.6) is 0 Å². The molecule has 0 bridgehead atoms. The Morgan fingerprint density at radius 2 is 1.81 bits per heavy atom. The van der Waals surface area contributed by atoms with E-state index in [0.717, 1.165) is 45.3 Å². The van der Waals surface area contributed by atoms with Crippen molar-refractivity contribution >= 4 is 39.8 Å². The number of fused-ring (bicyclic) bond motifs is 4. The Labute approximate surface area is 156 Å². The first kappa shape index (κ1) is 16.2. The van der Waals surface area contributed by atoms with Crippen LogP contribution in [0, 0.1) is 0 Å². The largest absolute Gasteiger partial charge is 0.366 e. The lowest BCUT2D eigenvalue weighted by atomic mass is 10.0. The van der Waals surface area contributed by atoms with Crippen LogP contribution in [0.1, 0.15) is 10.4 Å². The summed E-state index contributed by atoms with van der Waals surface area (Å²) >= 11 is 0.864. The zero-order valence-corrected chi connectivity index (χ0v) is 14.5. The fourth-order valence-corrected chi connectivity index (χ4v) is 3.86. The zero-order chi connectivity index (χ0) is 18.5. The molecule has 132 valence electrons. The average molecular weight is 377 g/mol. The van der Waals surface area contributed by atoms with Crippen molar-refractivity contribution in [2.24, 2.45) is 5.73 Å². The lowest BCUT2D eigenvalue weighted by Crippen LogP contribution is -2.10. The van der Waals surface area contributed by atoms with Gasteiger partial charge in [-0.3, -0.25) is 4.79 Å². The number of nitrogens with two attached hydrogens (primary N) is 1. The SMILES string of the molecule is NC(=O)c1cc2c3c(cccc3c1)-c1nc3cc(SOOO)ccc3nc1-2. The molecule has 8 heteroatoms. The predicted octanol–water partition coefficient (Wildman–Crippen LogP) is 3.96. The highest BCUT2D eigenvalue weighted by Crippen LogP contribution is 2.46. The van der Waals surface area contributed by atoms with Crippen molar-refractivity contribution in [1.82, 2.24) is 9.97 Å². The first-order valence-corrected chi connectivity index (χ1v) is 8.74. The van der Waals surface area contributed by atoms with Crippen molar-refractivity contribution in [3.8, 4) is 22.5 Å². The highest BCUT2D eigenvalue weighted by atomic mass is 32.2. The third kappa shape index (κ3) is 2.47. The minimum Gasteiger partial charge on any atom is -0.366 e. The number of hydrogen-bond donors (Lipinski definition) is 2. The number of carbonyl (C=O) groups is 1. The van der Waals surface area contributed by atoms with Crippen LogP contribution in [0.3, 0.4) is 0 Å². The quantitative estimate of drug-likeness (QED) is 0.277. The molecule has 0 atom stereocenters. The minimum absolute atomic E-state index is 0.442. The molecule has 1 aromatic heterocycles. The van der Waals surface area contributed by atoms with Crippen LogP contribution in [0.2, 0.25) is 0 Å². The topological polar surface area (TPSA) is 108 Å². The van der Waals surface area contributed by atoms with Crippen molar-refractivity contribution in [3.63, 3.8) is 0 Å². The van der Waals surface area contributed by atoms with Gasteiger partial charge in [0.15, 0.2) is 0 Å². The Hall–Kier alpha value is -3.04. The van der Waals surface area contributed by atoms with Crippen molar-refractivity contribution in [3.05, 3.63) is 54.1 Å². The van der Waals surface area contributed by atoms with Crippen molar-refractivity contribution < 1.29 is 19.4 Å². The Morgan fingerprint density at radius 3 is 2.63 bits per heavy atom. The van der Waals surface area contributed by atoms with E-state index in [1.165, 1.54) is 0 Å². The molecule has 3 aromatic carbocycles. The second-order valence-electron chi connectivity index (χ2n) is 6.09. The molecular formula is C19H11N3O4S. The number of benzene rings is 3. The molecule has 27 heavy (non-hydrogen) atoms. The molecule has 0 aliphatic heterocycles. The fraction of sp³-hybridized carbons (Fsp3) is 0. The van der Waals surface area contributed by atoms with Gasteiger partial charge in [0.2, 0.25) is 5.91 Å². The monoisotopic (exact) mass is 377 g/mol. The Kier molecular flexibility index (Phi) is 3.59. The van der Waals surface area contributed by atoms with E-state index in [1.807, 2.05) is 24.3 Å². The number of carbonyl (C=O) groups excluding carboxylic acids is 1. The smallest absolute Gasteiger partial charge is 0.248 e. The number of rotatable bonds is 4. The molecule has 0 fully saturated rings. The number of aromatic nitrogens is 2. The van der Waals surface area contributed by atoms with E-state index in [9.17, 15) is 4.79 Å². The first-order valence-electron chi connectivity index (χ1n) is 7.99. The standard InChI is InChI=1S/C19H11N3O4S/c20-19(23)10-6-9-2-1-3-12-16(9)13(7-10)18-17(12)22-15-8-11(27-26-25-24)4-5-14(15)21-18/h1-8,24H,(H2,20,23). The summed E-state index contributed by atoms with van der Waals surface area (Å²) in [4.78, 5) is 22.0. The van der Waals surface area contributed by atoms with Crippen molar-refractivity contribution in [2.45, 2.75) is 4.90 Å². The van der Waals surface area contributed by atoms with E-state index < -0.39 is 5.91 Å². The molecule has 3 N–H and O–H groups in total. The summed E-state index contributed by atoms with van der Waals surface area (Å²) in [5.41, 5.74) is 10.6. The highest BCUT2D eigenvalue weighted by molar-refractivity contribution is 7.94. The molecule has 1 aliphatic rings. The second-order valence-corrected chi connectivity index (χ2v) is 6.86. The van der Waals surface area contributed by atoms with Gasteiger partial charge in [0.25, 0.3) is 0 Å². The van der Waals surface area contributed by atoms with Gasteiger partial charge in [-0.15, -0.1) is 4.33 Å². The summed E-state index contributed by atoms with van der Waals surface area (Å²) in [5.74, 6) is -0.478. The summed E-state index contributed by atoms with van der Waals surface area (Å²) in [7, 11) is 0. The van der Waals surface area contributed by atoms with Gasteiger partial charge in [0.05, 0.1) is 34.5 Å². The van der Waals surface area contributed by atoms with Gasteiger partial charge in [-0.1, -0.05) is 23.2 Å². The van der Waals surface area contributed by atoms with E-state index in [-0.39, 0.29) is 0 Å². The van der Waals surface area contributed by atoms with Gasteiger partial charge >= 0.3 is 0 Å². The third-order valence-corrected chi connectivity index (χ3v) is 5.14. The Morgan fingerprint density at radius 1 is 1.00 bits per heavy atom. The first-order chi connectivity index (χ1) is 13.2. The summed E-state index contributed by atoms with van der Waals surface area (Å²) in [6, 6.07) is 14.8. The van der Waals surface area contributed by atoms with E-state index in [2.05, 4.69) is 9.37 Å². The van der Waals surface area contributed by atoms with Crippen LogP contribution in [-0.2, 0) is 9.37 Å². The molecule has 1 heterocycles. The van der Waals surface area contributed by atoms with Crippen LogP contribution >= 0.6 is 12.0 Å². The second kappa shape index (κ2) is 6.00. The average Bonchev–Trinajstić information content (AvgIpc) is 2.99. The molecule has 0 spiro atoms. The zero-order valence-electron chi connectivity index (χ0n) is 13.7. The normalized spacial score (nSPS) is 11.9. The number of hydrogen-bond acceptors (Lipinski definition) is 7. The van der Waals surface area contributed by atoms with Gasteiger partial charge in [0.1, 0.15) is 0 Å². The maximum absolute atomic E-state index is 11.7. The molecule has 0 saturated heterocycles. The molecule has 7 nitrogen and oxygen atoms in total. The molecule has 4 aromatic rings. The fourth-order valence-electron chi connectivity index (χ4n) is 3.47. The molecule has 5 rings (SSSR count). The lowest BCUT2D eigenvalue weighted by Gasteiger charge is -2.05. The molecule has 0 unspecified atom stereocenters. The highest BCUT2D eigenvalue weighted by Gasteiger charge is 2.26. The summed E-state index contributed by atoms with van der Waals surface area (Å²) in [6.07, 6.45) is 0. The summed E-state index contributed by atoms with van der Waals surface area (Å²) < 4.78 is 4.47. The van der Waals surface area contributed by atoms with Gasteiger partial charge in [-0.05, 0) is 35.7 Å². The van der Waals surface area contributed by atoms with Gasteiger partial charge < -0.3 is 5.73 Å². The van der Waals surface area contributed by atoms with Crippen LogP contribution in [0.25, 0.3) is 44.3 Å². The molecule has 1 amide bonds. The van der Waals surface area contributed by atoms with Gasteiger partial charge in [0, 0.05) is 27.0 Å². The minimum atomic E-state index is -0.478. The Balaban J connectivity index is 1.77. The van der Waals surface area contributed by atoms with E-state index in [1.54, 1.807) is 24.3 Å². The van der Waals surface area contributed by atoms with E-state index in [4.69, 9.17) is 21.0 Å². The van der Waals surface area contributed by atoms with Crippen molar-refractivity contribution in [2.75, 3.05) is 0 Å². The molecule has 0 radical (unpaired) electrons. The Bertz CT molecular complexity index is 1260. The number of nitrogens with zero attached hydrogens (tertiary/aromatic N) is 2. The van der Waals surface area contributed by atoms with Crippen LogP contribution in [-0.4, -0.2) is 21.1 Å². The van der Waals surface area contributed by atoms with Crippen LogP contribution in [0.15, 0.2) is 53.4 Å². The summed E-state index contributed by atoms with van der Waals surface area (Å²) in [5, 5.41) is 13.9. The van der Waals surface area contributed by atoms with E-state index in [0.29, 0.717) is 21.5 Å². The van der Waals surface area contributed by atoms with E-state index >= 15 is 0 Å². The van der Waals surface area contributed by atoms with Crippen LogP contribution in [0.4, 0.5) is 0 Å². The van der Waals surface area contributed by atoms with Gasteiger partial charge in [-0.25, -0.2) is 15.2 Å². The molecular weight excluding hydrogens is 366 g/mol. The summed E-state index contributed by atoms with van der Waals surface area (Å²) in [6.45, 7) is 0. The van der Waals surface area contributed by atoms with Gasteiger partial charge in [-0.2, -0.15) is 0 Å². The maximum atomic E-state index is 11.7. The van der Waals surface area contributed by atoms with Crippen LogP contribution < -0.4 is 5.73 Å². The maximum Gasteiger partial charge on any atom is 0.248 e. The third-order valence-electron chi connectivity index (χ3n) is 4.57. The number of amides is 1. The van der Waals surface area contributed by atoms with Crippen molar-refractivity contribution in [1.29, 1.82) is 0 Å². The molecule has 1 aliphatic carbocycles.